The number of aromatic nitrogens is 2. The molecule has 1 saturated heterocycles. The molecule has 1 aromatic heterocycles. The van der Waals surface area contributed by atoms with E-state index in [-0.39, 0.29) is 0 Å². The Labute approximate surface area is 180 Å². The van der Waals surface area contributed by atoms with Gasteiger partial charge in [0.25, 0.3) is 0 Å². The van der Waals surface area contributed by atoms with Crippen LogP contribution in [0.2, 0.25) is 0 Å². The standard InChI is InChI=1S/C23H26N4O4/c1-29-20-4-2-3-16(9-20)12-25-23(28)31-21-6-5-18(19-13-26-27-14-19)10-22(21)30-15-17-7-8-24-11-17/h2-6,9-10,13-14,17,24H,7-8,11-12,15H2,1H3,(H,25,28)(H,26,27). The Kier molecular flexibility index (Phi) is 6.68. The van der Waals surface area contributed by atoms with Gasteiger partial charge in [-0.05, 0) is 48.4 Å². The van der Waals surface area contributed by atoms with Crippen LogP contribution in [-0.4, -0.2) is 43.1 Å². The van der Waals surface area contributed by atoms with Gasteiger partial charge in [-0.1, -0.05) is 18.2 Å². The number of rotatable bonds is 8. The summed E-state index contributed by atoms with van der Waals surface area (Å²) in [6, 6.07) is 13.0. The highest BCUT2D eigenvalue weighted by Gasteiger charge is 2.18. The Morgan fingerprint density at radius 3 is 2.90 bits per heavy atom. The molecule has 1 fully saturated rings. The lowest BCUT2D eigenvalue weighted by Crippen LogP contribution is -2.26. The van der Waals surface area contributed by atoms with E-state index in [9.17, 15) is 4.79 Å². The van der Waals surface area contributed by atoms with Gasteiger partial charge in [0, 0.05) is 30.8 Å². The van der Waals surface area contributed by atoms with Crippen molar-refractivity contribution in [2.24, 2.45) is 5.92 Å². The van der Waals surface area contributed by atoms with Gasteiger partial charge >= 0.3 is 6.09 Å². The van der Waals surface area contributed by atoms with Gasteiger partial charge in [0.05, 0.1) is 19.9 Å². The van der Waals surface area contributed by atoms with E-state index in [2.05, 4.69) is 20.8 Å². The molecular weight excluding hydrogens is 396 g/mol. The van der Waals surface area contributed by atoms with Crippen molar-refractivity contribution in [1.82, 2.24) is 20.8 Å². The van der Waals surface area contributed by atoms with Gasteiger partial charge in [-0.15, -0.1) is 0 Å². The van der Waals surface area contributed by atoms with Crippen LogP contribution in [0, 0.1) is 5.92 Å². The van der Waals surface area contributed by atoms with Gasteiger partial charge in [-0.25, -0.2) is 4.79 Å². The first-order valence-electron chi connectivity index (χ1n) is 10.3. The number of hydrogen-bond acceptors (Lipinski definition) is 6. The fourth-order valence-corrected chi connectivity index (χ4v) is 3.45. The molecule has 162 valence electrons. The lowest BCUT2D eigenvalue weighted by molar-refractivity contribution is 0.194. The van der Waals surface area contributed by atoms with E-state index in [4.69, 9.17) is 14.2 Å². The minimum atomic E-state index is -0.550. The lowest BCUT2D eigenvalue weighted by atomic mass is 10.1. The van der Waals surface area contributed by atoms with Gasteiger partial charge in [0.1, 0.15) is 5.75 Å². The van der Waals surface area contributed by atoms with Crippen LogP contribution in [0.15, 0.2) is 54.9 Å². The first kappa shape index (κ1) is 20.7. The molecule has 0 aliphatic carbocycles. The first-order chi connectivity index (χ1) is 15.2. The summed E-state index contributed by atoms with van der Waals surface area (Å²) in [6.07, 6.45) is 4.06. The predicted molar refractivity (Wildman–Crippen MR) is 116 cm³/mol. The van der Waals surface area contributed by atoms with E-state index in [0.717, 1.165) is 42.0 Å². The molecule has 1 unspecified atom stereocenters. The van der Waals surface area contributed by atoms with Crippen LogP contribution in [0.1, 0.15) is 12.0 Å². The smallest absolute Gasteiger partial charge is 0.413 e. The zero-order chi connectivity index (χ0) is 21.5. The summed E-state index contributed by atoms with van der Waals surface area (Å²) >= 11 is 0. The third-order valence-electron chi connectivity index (χ3n) is 5.19. The molecule has 1 aliphatic rings. The van der Waals surface area contributed by atoms with Gasteiger partial charge < -0.3 is 24.8 Å². The summed E-state index contributed by atoms with van der Waals surface area (Å²) < 4.78 is 16.8. The molecule has 1 aliphatic heterocycles. The molecule has 1 amide bonds. The van der Waals surface area contributed by atoms with Crippen molar-refractivity contribution in [3.8, 4) is 28.4 Å². The van der Waals surface area contributed by atoms with Gasteiger partial charge in [0.15, 0.2) is 11.5 Å². The van der Waals surface area contributed by atoms with Crippen LogP contribution in [0.4, 0.5) is 4.79 Å². The van der Waals surface area contributed by atoms with Crippen LogP contribution >= 0.6 is 0 Å². The molecule has 0 bridgehead atoms. The molecule has 3 N–H and O–H groups in total. The summed E-state index contributed by atoms with van der Waals surface area (Å²) in [5, 5.41) is 12.9. The maximum atomic E-state index is 12.4. The summed E-state index contributed by atoms with van der Waals surface area (Å²) in [5.41, 5.74) is 2.77. The van der Waals surface area contributed by atoms with Crippen LogP contribution < -0.4 is 24.8 Å². The molecule has 4 rings (SSSR count). The fraction of sp³-hybridized carbons (Fsp3) is 0.304. The van der Waals surface area contributed by atoms with E-state index < -0.39 is 6.09 Å². The molecule has 31 heavy (non-hydrogen) atoms. The van der Waals surface area contributed by atoms with Crippen LogP contribution in [0.5, 0.6) is 17.2 Å². The van der Waals surface area contributed by atoms with Crippen molar-refractivity contribution in [1.29, 1.82) is 0 Å². The van der Waals surface area contributed by atoms with Gasteiger partial charge in [0.2, 0.25) is 0 Å². The number of carbonyl (C=O) groups is 1. The van der Waals surface area contributed by atoms with Crippen LogP contribution in [-0.2, 0) is 6.54 Å². The normalized spacial score (nSPS) is 15.5. The molecule has 8 nitrogen and oxygen atoms in total. The van der Waals surface area contributed by atoms with Crippen molar-refractivity contribution >= 4 is 6.09 Å². The second-order valence-electron chi connectivity index (χ2n) is 7.41. The number of aromatic amines is 1. The topological polar surface area (TPSA) is 97.5 Å². The molecule has 3 aromatic rings. The number of amides is 1. The minimum absolute atomic E-state index is 0.326. The number of H-pyrrole nitrogens is 1. The Morgan fingerprint density at radius 1 is 1.19 bits per heavy atom. The minimum Gasteiger partial charge on any atom is -0.497 e. The van der Waals surface area contributed by atoms with Gasteiger partial charge in [-0.2, -0.15) is 5.10 Å². The molecule has 0 radical (unpaired) electrons. The largest absolute Gasteiger partial charge is 0.497 e. The van der Waals surface area contributed by atoms with Crippen LogP contribution in [0.25, 0.3) is 11.1 Å². The molecular formula is C23H26N4O4. The van der Waals surface area contributed by atoms with Crippen molar-refractivity contribution < 1.29 is 19.0 Å². The van der Waals surface area contributed by atoms with Crippen molar-refractivity contribution in [2.45, 2.75) is 13.0 Å². The summed E-state index contributed by atoms with van der Waals surface area (Å²) in [6.45, 7) is 2.81. The zero-order valence-electron chi connectivity index (χ0n) is 17.4. The van der Waals surface area contributed by atoms with E-state index in [1.165, 1.54) is 0 Å². The highest BCUT2D eigenvalue weighted by Crippen LogP contribution is 2.33. The molecule has 8 heteroatoms. The van der Waals surface area contributed by atoms with Crippen molar-refractivity contribution in [2.75, 3.05) is 26.8 Å². The summed E-state index contributed by atoms with van der Waals surface area (Å²) in [7, 11) is 1.61. The maximum absolute atomic E-state index is 12.4. The third kappa shape index (κ3) is 5.55. The number of carbonyl (C=O) groups excluding carboxylic acids is 1. The van der Waals surface area contributed by atoms with Crippen molar-refractivity contribution in [3.05, 3.63) is 60.4 Å². The number of methoxy groups -OCH3 is 1. The zero-order valence-corrected chi connectivity index (χ0v) is 17.4. The summed E-state index contributed by atoms with van der Waals surface area (Å²) in [4.78, 5) is 12.4. The highest BCUT2D eigenvalue weighted by molar-refractivity contribution is 5.73. The van der Waals surface area contributed by atoms with E-state index >= 15 is 0 Å². The molecule has 1 atom stereocenters. The quantitative estimate of drug-likeness (QED) is 0.515. The number of benzene rings is 2. The molecule has 0 spiro atoms. The average molecular weight is 422 g/mol. The predicted octanol–water partition coefficient (Wildman–Crippen LogP) is 3.36. The maximum Gasteiger partial charge on any atom is 0.413 e. The van der Waals surface area contributed by atoms with E-state index in [1.54, 1.807) is 25.6 Å². The average Bonchev–Trinajstić information content (AvgIpc) is 3.51. The Morgan fingerprint density at radius 2 is 2.13 bits per heavy atom. The fourth-order valence-electron chi connectivity index (χ4n) is 3.45. The van der Waals surface area contributed by atoms with Gasteiger partial charge in [-0.3, -0.25) is 5.10 Å². The first-order valence-corrected chi connectivity index (χ1v) is 10.3. The third-order valence-corrected chi connectivity index (χ3v) is 5.19. The number of nitrogens with one attached hydrogen (secondary N) is 3. The monoisotopic (exact) mass is 422 g/mol. The number of hydrogen-bond donors (Lipinski definition) is 3. The second kappa shape index (κ2) is 9.99. The van der Waals surface area contributed by atoms with Crippen LogP contribution in [0.3, 0.4) is 0 Å². The SMILES string of the molecule is COc1cccc(CNC(=O)Oc2ccc(-c3cn[nH]c3)cc2OCC2CCNC2)c1. The number of nitrogens with zero attached hydrogens (tertiary/aromatic N) is 1. The molecule has 2 aromatic carbocycles. The highest BCUT2D eigenvalue weighted by atomic mass is 16.6. The second-order valence-corrected chi connectivity index (χ2v) is 7.41. The lowest BCUT2D eigenvalue weighted by Gasteiger charge is -2.16. The van der Waals surface area contributed by atoms with E-state index in [0.29, 0.717) is 30.6 Å². The van der Waals surface area contributed by atoms with Crippen molar-refractivity contribution in [3.63, 3.8) is 0 Å². The summed E-state index contributed by atoms with van der Waals surface area (Å²) in [5.74, 6) is 2.08. The Hall–Kier alpha value is -3.52. The Balaban J connectivity index is 1.44. The number of ether oxygens (including phenoxy) is 3. The molecule has 2 heterocycles. The Bertz CT molecular complexity index is 1000. The van der Waals surface area contributed by atoms with E-state index in [1.807, 2.05) is 36.4 Å². The molecule has 0 saturated carbocycles.